The topological polar surface area (TPSA) is 12.0 Å². The molecule has 78 valence electrons. The summed E-state index contributed by atoms with van der Waals surface area (Å²) in [6.45, 7) is 10.6. The maximum absolute atomic E-state index is 3.70. The van der Waals surface area contributed by atoms with Crippen molar-refractivity contribution in [2.24, 2.45) is 17.8 Å². The fourth-order valence-electron chi connectivity index (χ4n) is 2.47. The highest BCUT2D eigenvalue weighted by Crippen LogP contribution is 2.28. The molecule has 1 rings (SSSR count). The maximum Gasteiger partial charge on any atom is 0.0123 e. The van der Waals surface area contributed by atoms with Crippen LogP contribution in [0.4, 0.5) is 0 Å². The average molecular weight is 183 g/mol. The first-order chi connectivity index (χ1) is 6.16. The van der Waals surface area contributed by atoms with E-state index < -0.39 is 0 Å². The van der Waals surface area contributed by atoms with Crippen LogP contribution in [0, 0.1) is 17.8 Å². The van der Waals surface area contributed by atoms with Gasteiger partial charge in [0.15, 0.2) is 0 Å². The van der Waals surface area contributed by atoms with Gasteiger partial charge < -0.3 is 5.32 Å². The highest BCUT2D eigenvalue weighted by molar-refractivity contribution is 4.85. The van der Waals surface area contributed by atoms with Crippen molar-refractivity contribution in [1.29, 1.82) is 0 Å². The molecule has 0 amide bonds. The van der Waals surface area contributed by atoms with Crippen molar-refractivity contribution in [2.75, 3.05) is 6.54 Å². The fourth-order valence-corrected chi connectivity index (χ4v) is 2.47. The van der Waals surface area contributed by atoms with E-state index in [4.69, 9.17) is 0 Å². The third-order valence-electron chi connectivity index (χ3n) is 3.78. The Labute approximate surface area is 83.3 Å². The molecular weight excluding hydrogens is 158 g/mol. The Morgan fingerprint density at radius 3 is 2.54 bits per heavy atom. The van der Waals surface area contributed by atoms with Gasteiger partial charge in [0.05, 0.1) is 0 Å². The van der Waals surface area contributed by atoms with Crippen molar-refractivity contribution in [3.63, 3.8) is 0 Å². The molecule has 0 aromatic heterocycles. The summed E-state index contributed by atoms with van der Waals surface area (Å²) in [5.74, 6) is 2.56. The Balaban J connectivity index is 2.53. The summed E-state index contributed by atoms with van der Waals surface area (Å²) < 4.78 is 0. The molecule has 1 saturated heterocycles. The van der Waals surface area contributed by atoms with Crippen LogP contribution in [-0.4, -0.2) is 12.6 Å². The first-order valence-corrected chi connectivity index (χ1v) is 5.90. The van der Waals surface area contributed by atoms with Crippen molar-refractivity contribution >= 4 is 0 Å². The Morgan fingerprint density at radius 2 is 2.00 bits per heavy atom. The van der Waals surface area contributed by atoms with Gasteiger partial charge in [-0.25, -0.2) is 0 Å². The molecule has 1 aliphatic heterocycles. The number of hydrogen-bond donors (Lipinski definition) is 1. The van der Waals surface area contributed by atoms with E-state index in [0.717, 1.165) is 23.8 Å². The van der Waals surface area contributed by atoms with E-state index in [2.05, 4.69) is 33.0 Å². The fraction of sp³-hybridized carbons (Fsp3) is 1.00. The molecule has 0 saturated carbocycles. The molecule has 0 radical (unpaired) electrons. The minimum Gasteiger partial charge on any atom is -0.313 e. The Hall–Kier alpha value is -0.0400. The van der Waals surface area contributed by atoms with Gasteiger partial charge in [0.1, 0.15) is 0 Å². The average Bonchev–Trinajstić information content (AvgIpc) is 2.16. The molecule has 0 aliphatic carbocycles. The molecule has 1 N–H and O–H groups in total. The van der Waals surface area contributed by atoms with Crippen LogP contribution in [-0.2, 0) is 0 Å². The van der Waals surface area contributed by atoms with Gasteiger partial charge in [-0.3, -0.25) is 0 Å². The van der Waals surface area contributed by atoms with Crippen molar-refractivity contribution in [1.82, 2.24) is 5.32 Å². The second-order valence-corrected chi connectivity index (χ2v) is 4.89. The quantitative estimate of drug-likeness (QED) is 0.709. The van der Waals surface area contributed by atoms with Crippen LogP contribution >= 0.6 is 0 Å². The number of hydrogen-bond acceptors (Lipinski definition) is 1. The molecule has 3 unspecified atom stereocenters. The van der Waals surface area contributed by atoms with E-state index >= 15 is 0 Å². The molecule has 0 bridgehead atoms. The normalized spacial score (nSPS) is 32.1. The van der Waals surface area contributed by atoms with E-state index in [-0.39, 0.29) is 0 Å². The third-order valence-corrected chi connectivity index (χ3v) is 3.78. The van der Waals surface area contributed by atoms with Gasteiger partial charge >= 0.3 is 0 Å². The highest BCUT2D eigenvalue weighted by Gasteiger charge is 2.29. The van der Waals surface area contributed by atoms with Gasteiger partial charge in [-0.05, 0) is 37.1 Å². The standard InChI is InChI=1S/C12H25N/c1-5-11-7-6-8-13-12(11)10(4)9(2)3/h9-13H,5-8H2,1-4H3. The van der Waals surface area contributed by atoms with Crippen LogP contribution in [0.15, 0.2) is 0 Å². The molecule has 1 heterocycles. The molecule has 1 heteroatoms. The minimum absolute atomic E-state index is 0.777. The van der Waals surface area contributed by atoms with E-state index in [1.807, 2.05) is 0 Å². The Bertz CT molecular complexity index is 140. The number of piperidine rings is 1. The van der Waals surface area contributed by atoms with E-state index in [0.29, 0.717) is 0 Å². The summed E-state index contributed by atoms with van der Waals surface area (Å²) in [5.41, 5.74) is 0. The van der Waals surface area contributed by atoms with Crippen LogP contribution < -0.4 is 5.32 Å². The maximum atomic E-state index is 3.70. The lowest BCUT2D eigenvalue weighted by molar-refractivity contribution is 0.179. The number of nitrogens with one attached hydrogen (secondary N) is 1. The van der Waals surface area contributed by atoms with Gasteiger partial charge in [0, 0.05) is 6.04 Å². The second kappa shape index (κ2) is 4.99. The van der Waals surface area contributed by atoms with Crippen LogP contribution in [0.2, 0.25) is 0 Å². The molecule has 0 spiro atoms. The summed E-state index contributed by atoms with van der Waals surface area (Å²) in [4.78, 5) is 0. The molecule has 1 nitrogen and oxygen atoms in total. The van der Waals surface area contributed by atoms with Crippen molar-refractivity contribution in [2.45, 2.75) is 53.0 Å². The van der Waals surface area contributed by atoms with Gasteiger partial charge in [0.25, 0.3) is 0 Å². The molecule has 1 fully saturated rings. The van der Waals surface area contributed by atoms with Crippen LogP contribution in [0.5, 0.6) is 0 Å². The van der Waals surface area contributed by atoms with Crippen LogP contribution in [0.25, 0.3) is 0 Å². The van der Waals surface area contributed by atoms with Gasteiger partial charge in [-0.1, -0.05) is 34.1 Å². The van der Waals surface area contributed by atoms with Gasteiger partial charge in [0.2, 0.25) is 0 Å². The summed E-state index contributed by atoms with van der Waals surface area (Å²) in [6.07, 6.45) is 4.15. The van der Waals surface area contributed by atoms with Gasteiger partial charge in [-0.15, -0.1) is 0 Å². The summed E-state index contributed by atoms with van der Waals surface area (Å²) >= 11 is 0. The summed E-state index contributed by atoms with van der Waals surface area (Å²) in [7, 11) is 0. The Kier molecular flexibility index (Phi) is 4.24. The third kappa shape index (κ3) is 2.70. The Morgan fingerprint density at radius 1 is 1.31 bits per heavy atom. The van der Waals surface area contributed by atoms with E-state index in [1.165, 1.54) is 25.8 Å². The molecule has 0 aromatic rings. The molecular formula is C12H25N. The van der Waals surface area contributed by atoms with E-state index in [9.17, 15) is 0 Å². The lowest BCUT2D eigenvalue weighted by Gasteiger charge is -2.38. The van der Waals surface area contributed by atoms with Crippen molar-refractivity contribution < 1.29 is 0 Å². The molecule has 3 atom stereocenters. The molecule has 1 aliphatic rings. The lowest BCUT2D eigenvalue weighted by atomic mass is 9.78. The van der Waals surface area contributed by atoms with Crippen LogP contribution in [0.1, 0.15) is 47.0 Å². The van der Waals surface area contributed by atoms with Crippen molar-refractivity contribution in [3.05, 3.63) is 0 Å². The zero-order chi connectivity index (χ0) is 9.84. The minimum atomic E-state index is 0.777. The monoisotopic (exact) mass is 183 g/mol. The molecule has 13 heavy (non-hydrogen) atoms. The smallest absolute Gasteiger partial charge is 0.0123 e. The van der Waals surface area contributed by atoms with Crippen molar-refractivity contribution in [3.8, 4) is 0 Å². The predicted molar refractivity (Wildman–Crippen MR) is 58.8 cm³/mol. The number of rotatable bonds is 3. The first kappa shape index (κ1) is 11.0. The summed E-state index contributed by atoms with van der Waals surface area (Å²) in [5, 5.41) is 3.70. The largest absolute Gasteiger partial charge is 0.313 e. The SMILES string of the molecule is CCC1CCCNC1C(C)C(C)C. The van der Waals surface area contributed by atoms with E-state index in [1.54, 1.807) is 0 Å². The zero-order valence-electron chi connectivity index (χ0n) is 9.64. The predicted octanol–water partition coefficient (Wildman–Crippen LogP) is 3.06. The first-order valence-electron chi connectivity index (χ1n) is 5.90. The molecule has 0 aromatic carbocycles. The second-order valence-electron chi connectivity index (χ2n) is 4.89. The van der Waals surface area contributed by atoms with Crippen LogP contribution in [0.3, 0.4) is 0 Å². The zero-order valence-corrected chi connectivity index (χ0v) is 9.64. The highest BCUT2D eigenvalue weighted by atomic mass is 14.9. The lowest BCUT2D eigenvalue weighted by Crippen LogP contribution is -2.46. The summed E-state index contributed by atoms with van der Waals surface area (Å²) in [6, 6.07) is 0.777. The van der Waals surface area contributed by atoms with Gasteiger partial charge in [-0.2, -0.15) is 0 Å².